The Hall–Kier alpha value is -1.17. The smallest absolute Gasteiger partial charge is 0.150 e. The third-order valence-electron chi connectivity index (χ3n) is 4.13. The molecule has 0 bridgehead atoms. The predicted octanol–water partition coefficient (Wildman–Crippen LogP) is 2.58. The van der Waals surface area contributed by atoms with Crippen LogP contribution in [0.15, 0.2) is 30.5 Å². The lowest BCUT2D eigenvalue weighted by Crippen LogP contribution is -2.26. The second-order valence-electron chi connectivity index (χ2n) is 5.47. The average molecular weight is 325 g/mol. The van der Waals surface area contributed by atoms with Gasteiger partial charge in [-0.15, -0.1) is 0 Å². The minimum atomic E-state index is -2.91. The summed E-state index contributed by atoms with van der Waals surface area (Å²) < 4.78 is 23.5. The quantitative estimate of drug-likeness (QED) is 0.942. The molecule has 0 aliphatic carbocycles. The number of hydrogen-bond acceptors (Lipinski definition) is 4. The molecular weight excluding hydrogens is 308 g/mol. The van der Waals surface area contributed by atoms with Crippen molar-refractivity contribution >= 4 is 32.3 Å². The number of benzene rings is 1. The normalized spacial score (nSPS) is 22.5. The molecule has 1 fully saturated rings. The van der Waals surface area contributed by atoms with Gasteiger partial charge in [-0.05, 0) is 43.1 Å². The number of fused-ring (bicyclic) bond motifs is 1. The maximum absolute atomic E-state index is 11.7. The van der Waals surface area contributed by atoms with Gasteiger partial charge in [0, 0.05) is 22.6 Å². The Labute approximate surface area is 129 Å². The first-order valence-electron chi connectivity index (χ1n) is 6.92. The number of rotatable bonds is 3. The molecule has 4 nitrogen and oxygen atoms in total. The van der Waals surface area contributed by atoms with Crippen molar-refractivity contribution in [3.05, 3.63) is 41.0 Å². The van der Waals surface area contributed by atoms with E-state index in [4.69, 9.17) is 11.6 Å². The zero-order valence-electron chi connectivity index (χ0n) is 11.7. The van der Waals surface area contributed by atoms with Gasteiger partial charge >= 0.3 is 0 Å². The van der Waals surface area contributed by atoms with Crippen LogP contribution in [0.1, 0.15) is 18.0 Å². The highest BCUT2D eigenvalue weighted by atomic mass is 35.5. The Balaban J connectivity index is 2.08. The van der Waals surface area contributed by atoms with Crippen molar-refractivity contribution in [3.8, 4) is 0 Å². The summed E-state index contributed by atoms with van der Waals surface area (Å²) in [6.45, 7) is 0. The summed E-state index contributed by atoms with van der Waals surface area (Å²) in [4.78, 5) is 4.44. The number of aromatic nitrogens is 1. The van der Waals surface area contributed by atoms with E-state index in [1.54, 1.807) is 6.20 Å². The van der Waals surface area contributed by atoms with Gasteiger partial charge in [-0.25, -0.2) is 8.42 Å². The highest BCUT2D eigenvalue weighted by Gasteiger charge is 2.34. The van der Waals surface area contributed by atoms with Crippen LogP contribution in [0.3, 0.4) is 0 Å². The molecule has 1 saturated heterocycles. The highest BCUT2D eigenvalue weighted by Crippen LogP contribution is 2.35. The van der Waals surface area contributed by atoms with E-state index in [9.17, 15) is 8.42 Å². The van der Waals surface area contributed by atoms with E-state index in [-0.39, 0.29) is 23.5 Å². The van der Waals surface area contributed by atoms with Gasteiger partial charge in [-0.2, -0.15) is 0 Å². The van der Waals surface area contributed by atoms with Gasteiger partial charge in [0.05, 0.1) is 17.0 Å². The van der Waals surface area contributed by atoms with Crippen LogP contribution in [0.25, 0.3) is 10.9 Å². The number of nitrogens with zero attached hydrogens (tertiary/aromatic N) is 1. The van der Waals surface area contributed by atoms with Gasteiger partial charge in [0.25, 0.3) is 0 Å². The van der Waals surface area contributed by atoms with Crippen molar-refractivity contribution in [1.29, 1.82) is 0 Å². The Bertz CT molecular complexity index is 776. The molecule has 2 unspecified atom stereocenters. The van der Waals surface area contributed by atoms with Crippen LogP contribution in [0.4, 0.5) is 0 Å². The topological polar surface area (TPSA) is 59.1 Å². The van der Waals surface area contributed by atoms with Crippen molar-refractivity contribution in [2.24, 2.45) is 5.92 Å². The standard InChI is InChI=1S/C15H17ClN2O2S/c1-17-14(10-6-8-21(19,20)9-10)12-4-5-13(16)11-3-2-7-18-15(11)12/h2-5,7,10,14,17H,6,8-9H2,1H3. The Morgan fingerprint density at radius 3 is 2.86 bits per heavy atom. The van der Waals surface area contributed by atoms with Crippen molar-refractivity contribution in [2.75, 3.05) is 18.6 Å². The molecule has 1 N–H and O–H groups in total. The molecule has 2 aromatic rings. The molecule has 0 radical (unpaired) electrons. The molecule has 3 rings (SSSR count). The zero-order valence-corrected chi connectivity index (χ0v) is 13.3. The largest absolute Gasteiger partial charge is 0.313 e. The van der Waals surface area contributed by atoms with E-state index in [0.717, 1.165) is 16.5 Å². The fourth-order valence-electron chi connectivity index (χ4n) is 3.14. The van der Waals surface area contributed by atoms with Crippen LogP contribution in [0.5, 0.6) is 0 Å². The van der Waals surface area contributed by atoms with Crippen LogP contribution < -0.4 is 5.32 Å². The van der Waals surface area contributed by atoms with Gasteiger partial charge < -0.3 is 5.32 Å². The summed E-state index contributed by atoms with van der Waals surface area (Å²) in [6.07, 6.45) is 2.42. The van der Waals surface area contributed by atoms with E-state index < -0.39 is 9.84 Å². The lowest BCUT2D eigenvalue weighted by Gasteiger charge is -2.23. The molecule has 0 amide bonds. The second-order valence-corrected chi connectivity index (χ2v) is 8.10. The van der Waals surface area contributed by atoms with Crippen LogP contribution >= 0.6 is 11.6 Å². The molecular formula is C15H17ClN2O2S. The molecule has 0 spiro atoms. The highest BCUT2D eigenvalue weighted by molar-refractivity contribution is 7.91. The predicted molar refractivity (Wildman–Crippen MR) is 85.3 cm³/mol. The number of pyridine rings is 1. The summed E-state index contributed by atoms with van der Waals surface area (Å²) in [5.74, 6) is 0.580. The van der Waals surface area contributed by atoms with Gasteiger partial charge in [-0.1, -0.05) is 17.7 Å². The Morgan fingerprint density at radius 1 is 1.38 bits per heavy atom. The number of nitrogens with one attached hydrogen (secondary N) is 1. The lowest BCUT2D eigenvalue weighted by atomic mass is 9.91. The summed E-state index contributed by atoms with van der Waals surface area (Å²) in [6, 6.07) is 7.56. The fraction of sp³-hybridized carbons (Fsp3) is 0.400. The SMILES string of the molecule is CNC(c1ccc(Cl)c2cccnc12)C1CCS(=O)(=O)C1. The molecule has 6 heteroatoms. The maximum Gasteiger partial charge on any atom is 0.150 e. The molecule has 1 aromatic heterocycles. The van der Waals surface area contributed by atoms with Crippen LogP contribution in [0, 0.1) is 5.92 Å². The van der Waals surface area contributed by atoms with E-state index in [0.29, 0.717) is 11.4 Å². The molecule has 0 saturated carbocycles. The molecule has 112 valence electrons. The van der Waals surface area contributed by atoms with E-state index in [2.05, 4.69) is 10.3 Å². The van der Waals surface area contributed by atoms with Crippen LogP contribution in [-0.4, -0.2) is 32.0 Å². The van der Waals surface area contributed by atoms with Crippen molar-refractivity contribution in [2.45, 2.75) is 12.5 Å². The molecule has 1 aliphatic heterocycles. The maximum atomic E-state index is 11.7. The summed E-state index contributed by atoms with van der Waals surface area (Å²) in [7, 11) is -1.05. The molecule has 21 heavy (non-hydrogen) atoms. The van der Waals surface area contributed by atoms with Crippen LogP contribution in [-0.2, 0) is 9.84 Å². The minimum absolute atomic E-state index is 0.0306. The summed E-state index contributed by atoms with van der Waals surface area (Å²) in [5.41, 5.74) is 1.85. The van der Waals surface area contributed by atoms with Crippen LogP contribution in [0.2, 0.25) is 5.02 Å². The van der Waals surface area contributed by atoms with E-state index in [1.807, 2.05) is 31.3 Å². The lowest BCUT2D eigenvalue weighted by molar-refractivity contribution is 0.420. The number of hydrogen-bond donors (Lipinski definition) is 1. The van der Waals surface area contributed by atoms with Crippen molar-refractivity contribution in [3.63, 3.8) is 0 Å². The molecule has 2 heterocycles. The Kier molecular flexibility index (Phi) is 3.90. The third-order valence-corrected chi connectivity index (χ3v) is 6.26. The first-order chi connectivity index (χ1) is 10.0. The van der Waals surface area contributed by atoms with Gasteiger partial charge in [0.2, 0.25) is 0 Å². The fourth-order valence-corrected chi connectivity index (χ4v) is 5.20. The first-order valence-corrected chi connectivity index (χ1v) is 9.12. The summed E-state index contributed by atoms with van der Waals surface area (Å²) >= 11 is 6.23. The van der Waals surface area contributed by atoms with Crippen molar-refractivity contribution in [1.82, 2.24) is 10.3 Å². The minimum Gasteiger partial charge on any atom is -0.313 e. The average Bonchev–Trinajstić information content (AvgIpc) is 2.82. The number of halogens is 1. The first kappa shape index (κ1) is 14.8. The van der Waals surface area contributed by atoms with E-state index >= 15 is 0 Å². The van der Waals surface area contributed by atoms with Gasteiger partial charge in [0.1, 0.15) is 0 Å². The molecule has 1 aliphatic rings. The monoisotopic (exact) mass is 324 g/mol. The van der Waals surface area contributed by atoms with Gasteiger partial charge in [-0.3, -0.25) is 4.98 Å². The van der Waals surface area contributed by atoms with E-state index in [1.165, 1.54) is 0 Å². The third kappa shape index (κ3) is 2.78. The van der Waals surface area contributed by atoms with Crippen molar-refractivity contribution < 1.29 is 8.42 Å². The molecule has 1 aromatic carbocycles. The molecule has 2 atom stereocenters. The Morgan fingerprint density at radius 2 is 2.19 bits per heavy atom. The number of sulfone groups is 1. The van der Waals surface area contributed by atoms with Gasteiger partial charge in [0.15, 0.2) is 9.84 Å². The zero-order chi connectivity index (χ0) is 15.0. The second kappa shape index (κ2) is 5.55. The summed E-state index contributed by atoms with van der Waals surface area (Å²) in [5, 5.41) is 4.83.